The van der Waals surface area contributed by atoms with Gasteiger partial charge in [-0.05, 0) is 11.1 Å². The van der Waals surface area contributed by atoms with Crippen molar-refractivity contribution in [2.75, 3.05) is 0 Å². The second-order valence-electron chi connectivity index (χ2n) is 4.39. The average molecular weight is 374 g/mol. The van der Waals surface area contributed by atoms with Crippen molar-refractivity contribution in [3.63, 3.8) is 0 Å². The fourth-order valence-electron chi connectivity index (χ4n) is 1.59. The molecular weight excluding hydrogens is 361 g/mol. The van der Waals surface area contributed by atoms with E-state index in [-0.39, 0.29) is 0 Å². The van der Waals surface area contributed by atoms with Crippen LogP contribution in [0.4, 0.5) is 20.8 Å². The van der Waals surface area contributed by atoms with Gasteiger partial charge in [-0.25, -0.2) is 4.42 Å². The maximum absolute atomic E-state index is 11.1. The third-order valence-corrected chi connectivity index (χ3v) is 2.15. The Morgan fingerprint density at radius 1 is 0.714 bits per heavy atom. The maximum atomic E-state index is 9.91. The number of benzene rings is 1. The van der Waals surface area contributed by atoms with Gasteiger partial charge in [0.15, 0.2) is 0 Å². The van der Waals surface area contributed by atoms with Crippen molar-refractivity contribution in [2.45, 2.75) is 13.8 Å². The van der Waals surface area contributed by atoms with Crippen LogP contribution in [-0.2, 0) is 0 Å². The summed E-state index contributed by atoms with van der Waals surface area (Å²) in [4.78, 5) is 0. The minimum absolute atomic E-state index is 0.948. The molecular formula is C13H13AsF6O. The van der Waals surface area contributed by atoms with Crippen LogP contribution in [-0.4, -0.2) is 14.2 Å². The van der Waals surface area contributed by atoms with Crippen LogP contribution in [0.5, 0.6) is 0 Å². The fourth-order valence-corrected chi connectivity index (χ4v) is 1.59. The first kappa shape index (κ1) is 17.6. The van der Waals surface area contributed by atoms with Crippen LogP contribution >= 0.6 is 0 Å². The van der Waals surface area contributed by atoms with Crippen LogP contribution in [0.2, 0.25) is 0 Å². The second kappa shape index (κ2) is 5.05. The standard InChI is InChI=1S/C13H13O.AsF6/c1-10-8-13(9-11(2)14-10)12-6-4-3-5-7-12;2-1(3,4,5,6)7/h3-9H,1-2H3;/q+1;-1. The van der Waals surface area contributed by atoms with Crippen molar-refractivity contribution in [3.05, 3.63) is 54.0 Å². The first-order valence-corrected chi connectivity index (χ1v) is 9.99. The van der Waals surface area contributed by atoms with E-state index in [2.05, 4.69) is 24.3 Å². The molecule has 2 rings (SSSR count). The van der Waals surface area contributed by atoms with Gasteiger partial charge in [0.2, 0.25) is 0 Å². The Morgan fingerprint density at radius 2 is 1.10 bits per heavy atom. The zero-order valence-corrected chi connectivity index (χ0v) is 13.0. The summed E-state index contributed by atoms with van der Waals surface area (Å²) < 4.78 is 64.9. The van der Waals surface area contributed by atoms with Crippen molar-refractivity contribution < 1.29 is 25.2 Å². The molecule has 0 amide bonds. The van der Waals surface area contributed by atoms with Gasteiger partial charge in [-0.2, -0.15) is 0 Å². The van der Waals surface area contributed by atoms with Gasteiger partial charge in [-0.3, -0.25) is 0 Å². The van der Waals surface area contributed by atoms with Crippen LogP contribution in [0.15, 0.2) is 46.9 Å². The molecule has 118 valence electrons. The zero-order valence-electron chi connectivity index (χ0n) is 11.2. The summed E-state index contributed by atoms with van der Waals surface area (Å²) in [7, 11) is 0. The van der Waals surface area contributed by atoms with Crippen LogP contribution in [0.25, 0.3) is 11.1 Å². The molecule has 0 atom stereocenters. The Kier molecular flexibility index (Phi) is 4.23. The van der Waals surface area contributed by atoms with Crippen LogP contribution < -0.4 is 0 Å². The molecule has 1 heterocycles. The summed E-state index contributed by atoms with van der Waals surface area (Å²) >= 11 is -11.1. The van der Waals surface area contributed by atoms with E-state index in [9.17, 15) is 20.8 Å². The molecule has 0 unspecified atom stereocenters. The molecule has 0 radical (unpaired) electrons. The van der Waals surface area contributed by atoms with Crippen LogP contribution in [0, 0.1) is 13.8 Å². The normalized spacial score (nSPS) is 14.5. The Morgan fingerprint density at radius 3 is 1.48 bits per heavy atom. The second-order valence-corrected chi connectivity index (χ2v) is 8.41. The molecule has 2 aromatic rings. The predicted octanol–water partition coefficient (Wildman–Crippen LogP) is 5.98. The predicted molar refractivity (Wildman–Crippen MR) is 70.4 cm³/mol. The van der Waals surface area contributed by atoms with E-state index in [4.69, 9.17) is 4.42 Å². The monoisotopic (exact) mass is 374 g/mol. The molecule has 0 fully saturated rings. The Balaban J connectivity index is 0.000000270. The van der Waals surface area contributed by atoms with Gasteiger partial charge >= 0.3 is 46.5 Å². The molecule has 8 heteroatoms. The molecule has 0 bridgehead atoms. The van der Waals surface area contributed by atoms with E-state index >= 15 is 0 Å². The third-order valence-electron chi connectivity index (χ3n) is 2.15. The zero-order chi connectivity index (χ0) is 16.4. The van der Waals surface area contributed by atoms with Gasteiger partial charge in [0.25, 0.3) is 0 Å². The molecule has 1 nitrogen and oxygen atoms in total. The summed E-state index contributed by atoms with van der Waals surface area (Å²) in [5, 5.41) is 0. The van der Waals surface area contributed by atoms with Gasteiger partial charge in [0.1, 0.15) is 0 Å². The van der Waals surface area contributed by atoms with E-state index in [0.717, 1.165) is 11.5 Å². The summed E-state index contributed by atoms with van der Waals surface area (Å²) in [5.41, 5.74) is 2.45. The number of rotatable bonds is 1. The number of hydrogen-bond acceptors (Lipinski definition) is 0. The molecule has 0 aliphatic carbocycles. The Bertz CT molecular complexity index is 590. The molecule has 0 saturated heterocycles. The Hall–Kier alpha value is -1.49. The van der Waals surface area contributed by atoms with E-state index in [1.54, 1.807) is 0 Å². The molecule has 1 aromatic heterocycles. The van der Waals surface area contributed by atoms with Gasteiger partial charge in [0, 0.05) is 12.1 Å². The Labute approximate surface area is 119 Å². The molecule has 0 spiro atoms. The fraction of sp³-hybridized carbons (Fsp3) is 0.154. The summed E-state index contributed by atoms with van der Waals surface area (Å²) in [5.74, 6) is 1.90. The van der Waals surface area contributed by atoms with Crippen molar-refractivity contribution >= 4 is 14.2 Å². The van der Waals surface area contributed by atoms with Crippen molar-refractivity contribution in [1.29, 1.82) is 0 Å². The van der Waals surface area contributed by atoms with E-state index in [1.807, 2.05) is 32.0 Å². The number of halogens is 6. The summed E-state index contributed by atoms with van der Waals surface area (Å²) in [6.07, 6.45) is 0. The van der Waals surface area contributed by atoms with Crippen molar-refractivity contribution in [1.82, 2.24) is 0 Å². The quantitative estimate of drug-likeness (QED) is 0.339. The molecule has 0 aliphatic rings. The van der Waals surface area contributed by atoms with Crippen LogP contribution in [0.1, 0.15) is 11.5 Å². The molecule has 21 heavy (non-hydrogen) atoms. The molecule has 0 N–H and O–H groups in total. The summed E-state index contributed by atoms with van der Waals surface area (Å²) in [6, 6.07) is 14.4. The molecule has 1 aromatic carbocycles. The van der Waals surface area contributed by atoms with E-state index in [0.29, 0.717) is 0 Å². The number of aryl methyl sites for hydroxylation is 2. The molecule has 0 aliphatic heterocycles. The first-order chi connectivity index (χ1) is 9.20. The van der Waals surface area contributed by atoms with E-state index < -0.39 is 14.2 Å². The SMILES string of the molecule is Cc1cc(-c2ccccc2)cc(C)[o+]1.F[As-](F)(F)(F)(F)F. The topological polar surface area (TPSA) is 11.3 Å². The van der Waals surface area contributed by atoms with Gasteiger partial charge in [-0.1, -0.05) is 30.3 Å². The van der Waals surface area contributed by atoms with Gasteiger partial charge in [-0.15, -0.1) is 0 Å². The van der Waals surface area contributed by atoms with Crippen molar-refractivity contribution in [3.8, 4) is 11.1 Å². The minimum atomic E-state index is -11.1. The first-order valence-electron chi connectivity index (χ1n) is 5.74. The molecule has 0 saturated carbocycles. The van der Waals surface area contributed by atoms with Crippen molar-refractivity contribution in [2.24, 2.45) is 0 Å². The van der Waals surface area contributed by atoms with Gasteiger partial charge < -0.3 is 0 Å². The van der Waals surface area contributed by atoms with E-state index in [1.165, 1.54) is 11.1 Å². The van der Waals surface area contributed by atoms with Gasteiger partial charge in [0.05, 0.1) is 13.8 Å². The number of hydrogen-bond donors (Lipinski definition) is 0. The third kappa shape index (κ3) is 9.96. The summed E-state index contributed by atoms with van der Waals surface area (Å²) in [6.45, 7) is 3.94. The van der Waals surface area contributed by atoms with Crippen LogP contribution in [0.3, 0.4) is 0 Å². The average Bonchev–Trinajstić information content (AvgIpc) is 2.24.